The van der Waals surface area contributed by atoms with E-state index in [1.807, 2.05) is 13.0 Å². The molecule has 1 rings (SSSR count). The van der Waals surface area contributed by atoms with Gasteiger partial charge in [0.15, 0.2) is 0 Å². The van der Waals surface area contributed by atoms with Crippen LogP contribution in [0.25, 0.3) is 0 Å². The van der Waals surface area contributed by atoms with Gasteiger partial charge in [0.1, 0.15) is 0 Å². The van der Waals surface area contributed by atoms with Crippen LogP contribution in [0.1, 0.15) is 19.8 Å². The second-order valence-electron chi connectivity index (χ2n) is 3.30. The average molecular weight is 183 g/mol. The summed E-state index contributed by atoms with van der Waals surface area (Å²) in [5, 5.41) is 0. The molecule has 74 valence electrons. The fourth-order valence-electron chi connectivity index (χ4n) is 1.56. The average Bonchev–Trinajstić information content (AvgIpc) is 2.48. The lowest BCUT2D eigenvalue weighted by atomic mass is 10.2. The summed E-state index contributed by atoms with van der Waals surface area (Å²) in [5.41, 5.74) is 0. The van der Waals surface area contributed by atoms with Crippen LogP contribution in [0.2, 0.25) is 0 Å². The standard InChI is InChI=1S/C10H17NO2/c1-3-13-10(12)7-6-9-5-4-8-11(9)2/h6-7,9H,3-5,8H2,1-2H3/t9-/m0/s1. The number of likely N-dealkylation sites (N-methyl/N-ethyl adjacent to an activating group) is 1. The summed E-state index contributed by atoms with van der Waals surface area (Å²) in [6.45, 7) is 3.38. The van der Waals surface area contributed by atoms with E-state index in [2.05, 4.69) is 11.9 Å². The van der Waals surface area contributed by atoms with E-state index in [0.29, 0.717) is 12.6 Å². The summed E-state index contributed by atoms with van der Waals surface area (Å²) in [5.74, 6) is -0.234. The van der Waals surface area contributed by atoms with Crippen LogP contribution in [-0.2, 0) is 9.53 Å². The second-order valence-corrected chi connectivity index (χ2v) is 3.30. The smallest absolute Gasteiger partial charge is 0.330 e. The van der Waals surface area contributed by atoms with Crippen LogP contribution in [-0.4, -0.2) is 37.1 Å². The van der Waals surface area contributed by atoms with Crippen molar-refractivity contribution in [1.82, 2.24) is 4.90 Å². The van der Waals surface area contributed by atoms with Crippen molar-refractivity contribution in [1.29, 1.82) is 0 Å². The van der Waals surface area contributed by atoms with Crippen molar-refractivity contribution in [3.63, 3.8) is 0 Å². The highest BCUT2D eigenvalue weighted by Crippen LogP contribution is 2.15. The first-order chi connectivity index (χ1) is 6.24. The number of hydrogen-bond acceptors (Lipinski definition) is 3. The molecular weight excluding hydrogens is 166 g/mol. The molecule has 1 atom stereocenters. The fourth-order valence-corrected chi connectivity index (χ4v) is 1.56. The number of likely N-dealkylation sites (tertiary alicyclic amines) is 1. The Kier molecular flexibility index (Phi) is 3.96. The molecule has 0 spiro atoms. The fraction of sp³-hybridized carbons (Fsp3) is 0.700. The number of nitrogens with zero attached hydrogens (tertiary/aromatic N) is 1. The highest BCUT2D eigenvalue weighted by atomic mass is 16.5. The molecule has 0 aromatic rings. The Morgan fingerprint density at radius 3 is 3.00 bits per heavy atom. The Balaban J connectivity index is 2.34. The Bertz CT molecular complexity index is 201. The summed E-state index contributed by atoms with van der Waals surface area (Å²) in [6, 6.07) is 0.421. The minimum atomic E-state index is -0.234. The zero-order chi connectivity index (χ0) is 9.68. The van der Waals surface area contributed by atoms with Gasteiger partial charge < -0.3 is 4.74 Å². The molecule has 1 saturated heterocycles. The van der Waals surface area contributed by atoms with Crippen LogP contribution in [0, 0.1) is 0 Å². The summed E-state index contributed by atoms with van der Waals surface area (Å²) in [4.78, 5) is 13.2. The van der Waals surface area contributed by atoms with Crippen LogP contribution < -0.4 is 0 Å². The van der Waals surface area contributed by atoms with Gasteiger partial charge in [-0.05, 0) is 33.4 Å². The normalized spacial score (nSPS) is 24.0. The highest BCUT2D eigenvalue weighted by Gasteiger charge is 2.17. The van der Waals surface area contributed by atoms with E-state index in [1.165, 1.54) is 12.5 Å². The van der Waals surface area contributed by atoms with Gasteiger partial charge in [-0.25, -0.2) is 4.79 Å². The summed E-state index contributed by atoms with van der Waals surface area (Å²) in [6.07, 6.45) is 5.84. The topological polar surface area (TPSA) is 29.5 Å². The molecule has 1 aliphatic rings. The van der Waals surface area contributed by atoms with Gasteiger partial charge in [0.2, 0.25) is 0 Å². The minimum absolute atomic E-state index is 0.234. The van der Waals surface area contributed by atoms with Gasteiger partial charge in [0, 0.05) is 12.1 Å². The van der Waals surface area contributed by atoms with Gasteiger partial charge in [-0.2, -0.15) is 0 Å². The molecule has 0 bridgehead atoms. The number of ether oxygens (including phenoxy) is 1. The lowest BCUT2D eigenvalue weighted by Gasteiger charge is -2.14. The van der Waals surface area contributed by atoms with Crippen LogP contribution in [0.15, 0.2) is 12.2 Å². The van der Waals surface area contributed by atoms with Gasteiger partial charge in [0.05, 0.1) is 6.61 Å². The van der Waals surface area contributed by atoms with Gasteiger partial charge in [-0.15, -0.1) is 0 Å². The van der Waals surface area contributed by atoms with Gasteiger partial charge in [-0.3, -0.25) is 4.90 Å². The third-order valence-electron chi connectivity index (χ3n) is 2.32. The van der Waals surface area contributed by atoms with E-state index in [0.717, 1.165) is 13.0 Å². The second kappa shape index (κ2) is 5.02. The van der Waals surface area contributed by atoms with E-state index in [9.17, 15) is 4.79 Å². The minimum Gasteiger partial charge on any atom is -0.463 e. The number of hydrogen-bond donors (Lipinski definition) is 0. The van der Waals surface area contributed by atoms with Crippen molar-refractivity contribution in [3.8, 4) is 0 Å². The largest absolute Gasteiger partial charge is 0.463 e. The van der Waals surface area contributed by atoms with Gasteiger partial charge >= 0.3 is 5.97 Å². The van der Waals surface area contributed by atoms with Crippen molar-refractivity contribution in [3.05, 3.63) is 12.2 Å². The van der Waals surface area contributed by atoms with E-state index in [-0.39, 0.29) is 5.97 Å². The van der Waals surface area contributed by atoms with Crippen molar-refractivity contribution < 1.29 is 9.53 Å². The molecule has 0 aromatic carbocycles. The molecule has 3 heteroatoms. The zero-order valence-electron chi connectivity index (χ0n) is 8.32. The Hall–Kier alpha value is -0.830. The molecule has 13 heavy (non-hydrogen) atoms. The first-order valence-electron chi connectivity index (χ1n) is 4.79. The Morgan fingerprint density at radius 1 is 1.69 bits per heavy atom. The third-order valence-corrected chi connectivity index (χ3v) is 2.32. The maximum atomic E-state index is 11.0. The van der Waals surface area contributed by atoms with Crippen molar-refractivity contribution >= 4 is 5.97 Å². The summed E-state index contributed by atoms with van der Waals surface area (Å²) < 4.78 is 4.79. The number of carbonyl (C=O) groups excluding carboxylic acids is 1. The lowest BCUT2D eigenvalue weighted by Crippen LogP contribution is -2.22. The third kappa shape index (κ3) is 3.19. The van der Waals surface area contributed by atoms with Crippen molar-refractivity contribution in [2.45, 2.75) is 25.8 Å². The zero-order valence-corrected chi connectivity index (χ0v) is 8.32. The van der Waals surface area contributed by atoms with Crippen LogP contribution in [0.3, 0.4) is 0 Å². The van der Waals surface area contributed by atoms with Crippen molar-refractivity contribution in [2.75, 3.05) is 20.2 Å². The van der Waals surface area contributed by atoms with E-state index < -0.39 is 0 Å². The van der Waals surface area contributed by atoms with Gasteiger partial charge in [-0.1, -0.05) is 6.08 Å². The highest BCUT2D eigenvalue weighted by molar-refractivity contribution is 5.81. The summed E-state index contributed by atoms with van der Waals surface area (Å²) >= 11 is 0. The van der Waals surface area contributed by atoms with Gasteiger partial charge in [0.25, 0.3) is 0 Å². The first kappa shape index (κ1) is 10.3. The van der Waals surface area contributed by atoms with Crippen molar-refractivity contribution in [2.24, 2.45) is 0 Å². The molecule has 0 aliphatic carbocycles. The SMILES string of the molecule is CCOC(=O)C=C[C@@H]1CCCN1C. The molecular formula is C10H17NO2. The summed E-state index contributed by atoms with van der Waals surface area (Å²) in [7, 11) is 2.08. The molecule has 1 heterocycles. The predicted octanol–water partition coefficient (Wildman–Crippen LogP) is 1.20. The van der Waals surface area contributed by atoms with Crippen LogP contribution in [0.5, 0.6) is 0 Å². The molecule has 0 saturated carbocycles. The van der Waals surface area contributed by atoms with Crippen LogP contribution in [0.4, 0.5) is 0 Å². The molecule has 0 aromatic heterocycles. The maximum absolute atomic E-state index is 11.0. The van der Waals surface area contributed by atoms with E-state index >= 15 is 0 Å². The number of esters is 1. The Labute approximate surface area is 79.4 Å². The molecule has 0 amide bonds. The lowest BCUT2D eigenvalue weighted by molar-refractivity contribution is -0.137. The predicted molar refractivity (Wildman–Crippen MR) is 51.4 cm³/mol. The maximum Gasteiger partial charge on any atom is 0.330 e. The Morgan fingerprint density at radius 2 is 2.46 bits per heavy atom. The van der Waals surface area contributed by atoms with E-state index in [4.69, 9.17) is 4.74 Å². The monoisotopic (exact) mass is 183 g/mol. The van der Waals surface area contributed by atoms with E-state index in [1.54, 1.807) is 0 Å². The number of carbonyl (C=O) groups is 1. The quantitative estimate of drug-likeness (QED) is 0.486. The molecule has 1 aliphatic heterocycles. The molecule has 0 unspecified atom stereocenters. The molecule has 0 N–H and O–H groups in total. The molecule has 1 fully saturated rings. The number of rotatable bonds is 3. The molecule has 0 radical (unpaired) electrons. The van der Waals surface area contributed by atoms with Crippen LogP contribution >= 0.6 is 0 Å². The first-order valence-corrected chi connectivity index (χ1v) is 4.79. The molecule has 3 nitrogen and oxygen atoms in total.